The third-order valence-corrected chi connectivity index (χ3v) is 8.53. The summed E-state index contributed by atoms with van der Waals surface area (Å²) >= 11 is 0. The van der Waals surface area contributed by atoms with Gasteiger partial charge in [0, 0.05) is 23.3 Å². The van der Waals surface area contributed by atoms with E-state index in [0.717, 1.165) is 59.4 Å². The molecule has 2 heterocycles. The van der Waals surface area contributed by atoms with Crippen molar-refractivity contribution in [3.8, 4) is 0 Å². The van der Waals surface area contributed by atoms with E-state index < -0.39 is 0 Å². The highest BCUT2D eigenvalue weighted by Gasteiger charge is 2.42. The molecule has 3 aliphatic rings. The Balaban J connectivity index is 1.07. The van der Waals surface area contributed by atoms with E-state index >= 15 is 0 Å². The molecule has 0 aliphatic heterocycles. The maximum absolute atomic E-state index is 13.1. The van der Waals surface area contributed by atoms with Gasteiger partial charge in [0.15, 0.2) is 0 Å². The lowest BCUT2D eigenvalue weighted by Crippen LogP contribution is -2.40. The van der Waals surface area contributed by atoms with Crippen LogP contribution >= 0.6 is 0 Å². The highest BCUT2D eigenvalue weighted by Crippen LogP contribution is 2.49. The number of pyridine rings is 1. The first kappa shape index (κ1) is 24.6. The predicted molar refractivity (Wildman–Crippen MR) is 149 cm³/mol. The second-order valence-corrected chi connectivity index (χ2v) is 11.2. The Hall–Kier alpha value is -3.74. The van der Waals surface area contributed by atoms with Crippen molar-refractivity contribution in [2.75, 3.05) is 5.32 Å². The Morgan fingerprint density at radius 2 is 2.03 bits per heavy atom. The molecule has 5 unspecified atom stereocenters. The SMILES string of the molecule is CCCC1CC2CC(C(=O)NC3C=CC(c4nc5ccc(C(=O)Nc6ccccn6)cc5[nH]4)=CC3)CC1C2. The number of nitrogens with zero attached hydrogens (tertiary/aromatic N) is 2. The second-order valence-electron chi connectivity index (χ2n) is 11.2. The summed E-state index contributed by atoms with van der Waals surface area (Å²) < 4.78 is 0. The summed E-state index contributed by atoms with van der Waals surface area (Å²) in [5, 5.41) is 6.10. The first-order valence-corrected chi connectivity index (χ1v) is 14.0. The summed E-state index contributed by atoms with van der Waals surface area (Å²) in [5.41, 5.74) is 3.12. The molecule has 2 amide bonds. The molecule has 0 radical (unpaired) electrons. The number of benzene rings is 1. The monoisotopic (exact) mass is 509 g/mol. The van der Waals surface area contributed by atoms with Crippen LogP contribution in [0.1, 0.15) is 68.1 Å². The lowest BCUT2D eigenvalue weighted by molar-refractivity contribution is -0.127. The Labute approximate surface area is 223 Å². The summed E-state index contributed by atoms with van der Waals surface area (Å²) in [7, 11) is 0. The van der Waals surface area contributed by atoms with E-state index in [1.165, 1.54) is 25.7 Å². The number of imidazole rings is 1. The maximum Gasteiger partial charge on any atom is 0.256 e. The van der Waals surface area contributed by atoms with Crippen molar-refractivity contribution in [3.63, 3.8) is 0 Å². The normalized spacial score (nSPS) is 26.2. The van der Waals surface area contributed by atoms with Crippen LogP contribution in [0.5, 0.6) is 0 Å². The van der Waals surface area contributed by atoms with Gasteiger partial charge in [-0.15, -0.1) is 0 Å². The topological polar surface area (TPSA) is 99.8 Å². The molecule has 2 saturated carbocycles. The molecule has 5 atom stereocenters. The van der Waals surface area contributed by atoms with E-state index in [2.05, 4.69) is 39.7 Å². The average molecular weight is 510 g/mol. The predicted octanol–water partition coefficient (Wildman–Crippen LogP) is 5.89. The molecule has 0 spiro atoms. The Morgan fingerprint density at radius 3 is 2.82 bits per heavy atom. The van der Waals surface area contributed by atoms with E-state index in [-0.39, 0.29) is 23.8 Å². The number of aromatic amines is 1. The molecule has 2 fully saturated rings. The first-order chi connectivity index (χ1) is 18.6. The molecular formula is C31H35N5O2. The van der Waals surface area contributed by atoms with Gasteiger partial charge in [-0.2, -0.15) is 0 Å². The number of rotatable bonds is 7. The molecular weight excluding hydrogens is 474 g/mol. The van der Waals surface area contributed by atoms with Gasteiger partial charge in [0.1, 0.15) is 11.6 Å². The number of hydrogen-bond acceptors (Lipinski definition) is 4. The molecule has 38 heavy (non-hydrogen) atoms. The van der Waals surface area contributed by atoms with Gasteiger partial charge in [-0.1, -0.05) is 44.1 Å². The van der Waals surface area contributed by atoms with E-state index in [0.29, 0.717) is 11.4 Å². The van der Waals surface area contributed by atoms with Gasteiger partial charge in [-0.25, -0.2) is 9.97 Å². The van der Waals surface area contributed by atoms with Crippen LogP contribution < -0.4 is 10.6 Å². The lowest BCUT2D eigenvalue weighted by Gasteiger charge is -2.29. The Kier molecular flexibility index (Phi) is 6.83. The van der Waals surface area contributed by atoms with Gasteiger partial charge in [0.05, 0.1) is 17.1 Å². The largest absolute Gasteiger partial charge is 0.349 e. The zero-order valence-corrected chi connectivity index (χ0v) is 21.8. The summed E-state index contributed by atoms with van der Waals surface area (Å²) in [6.07, 6.45) is 15.9. The van der Waals surface area contributed by atoms with Crippen molar-refractivity contribution in [2.24, 2.45) is 23.7 Å². The minimum absolute atomic E-state index is 0.0172. The number of nitrogens with one attached hydrogen (secondary N) is 3. The number of carbonyl (C=O) groups is 2. The fourth-order valence-electron chi connectivity index (χ4n) is 6.74. The van der Waals surface area contributed by atoms with Gasteiger partial charge in [0.2, 0.25) is 5.91 Å². The quantitative estimate of drug-likeness (QED) is 0.370. The molecule has 3 aromatic rings. The third kappa shape index (κ3) is 5.15. The number of amides is 2. The summed E-state index contributed by atoms with van der Waals surface area (Å²) in [6, 6.07) is 10.8. The average Bonchev–Trinajstić information content (AvgIpc) is 3.49. The van der Waals surface area contributed by atoms with Crippen LogP contribution in [-0.4, -0.2) is 32.8 Å². The fraction of sp³-hybridized carbons (Fsp3) is 0.419. The highest BCUT2D eigenvalue weighted by molar-refractivity contribution is 6.05. The van der Waals surface area contributed by atoms with Crippen molar-refractivity contribution in [1.82, 2.24) is 20.3 Å². The number of H-pyrrole nitrogens is 1. The zero-order chi connectivity index (χ0) is 26.1. The number of aromatic nitrogens is 3. The molecule has 7 nitrogen and oxygen atoms in total. The Bertz CT molecular complexity index is 1390. The van der Waals surface area contributed by atoms with Crippen molar-refractivity contribution in [2.45, 2.75) is 57.9 Å². The summed E-state index contributed by atoms with van der Waals surface area (Å²) in [6.45, 7) is 2.27. The van der Waals surface area contributed by atoms with Crippen molar-refractivity contribution in [1.29, 1.82) is 0 Å². The molecule has 2 aromatic heterocycles. The number of hydrogen-bond donors (Lipinski definition) is 3. The minimum Gasteiger partial charge on any atom is -0.349 e. The zero-order valence-electron chi connectivity index (χ0n) is 21.8. The van der Waals surface area contributed by atoms with E-state index in [9.17, 15) is 9.59 Å². The number of allylic oxidation sites excluding steroid dienone is 2. The van der Waals surface area contributed by atoms with E-state index in [4.69, 9.17) is 4.98 Å². The van der Waals surface area contributed by atoms with Crippen molar-refractivity contribution in [3.05, 3.63) is 72.2 Å². The standard InChI is InChI=1S/C31H35N5O2/c1-2-5-21-14-19-15-23(21)17-24(16-19)31(38)33-25-10-7-20(8-11-25)29-34-26-12-9-22(18-27(26)35-29)30(37)36-28-6-3-4-13-32-28/h3-4,6-10,12-13,18-19,21,23-25H,2,5,11,14-17H2,1H3,(H,33,38)(H,34,35)(H,32,36,37). The van der Waals surface area contributed by atoms with Crippen LogP contribution in [0.4, 0.5) is 5.82 Å². The van der Waals surface area contributed by atoms with Crippen molar-refractivity contribution < 1.29 is 9.59 Å². The smallest absolute Gasteiger partial charge is 0.256 e. The Morgan fingerprint density at radius 1 is 1.11 bits per heavy atom. The third-order valence-electron chi connectivity index (χ3n) is 8.53. The number of anilines is 1. The molecule has 6 rings (SSSR count). The summed E-state index contributed by atoms with van der Waals surface area (Å²) in [5.74, 6) is 3.76. The molecule has 3 N–H and O–H groups in total. The summed E-state index contributed by atoms with van der Waals surface area (Å²) in [4.78, 5) is 38.0. The number of carbonyl (C=O) groups excluding carboxylic acids is 2. The van der Waals surface area contributed by atoms with Crippen LogP contribution in [0.15, 0.2) is 60.8 Å². The lowest BCUT2D eigenvalue weighted by atomic mass is 9.78. The van der Waals surface area contributed by atoms with E-state index in [1.807, 2.05) is 24.3 Å². The maximum atomic E-state index is 13.1. The molecule has 1 aromatic carbocycles. The highest BCUT2D eigenvalue weighted by atomic mass is 16.2. The number of fused-ring (bicyclic) bond motifs is 3. The van der Waals surface area contributed by atoms with Crippen molar-refractivity contribution >= 4 is 34.2 Å². The van der Waals surface area contributed by atoms with Crippen LogP contribution in [-0.2, 0) is 4.79 Å². The molecule has 196 valence electrons. The fourth-order valence-corrected chi connectivity index (χ4v) is 6.74. The molecule has 0 saturated heterocycles. The first-order valence-electron chi connectivity index (χ1n) is 14.0. The van der Waals surface area contributed by atoms with E-state index in [1.54, 1.807) is 24.4 Å². The van der Waals surface area contributed by atoms with Crippen LogP contribution in [0.25, 0.3) is 16.6 Å². The minimum atomic E-state index is -0.219. The van der Waals surface area contributed by atoms with Gasteiger partial charge in [-0.3, -0.25) is 9.59 Å². The van der Waals surface area contributed by atoms with Gasteiger partial charge in [-0.05, 0) is 80.2 Å². The van der Waals surface area contributed by atoms with Gasteiger partial charge in [0.25, 0.3) is 5.91 Å². The van der Waals surface area contributed by atoms with Crippen LogP contribution in [0.3, 0.4) is 0 Å². The molecule has 2 bridgehead atoms. The van der Waals surface area contributed by atoms with Crippen LogP contribution in [0.2, 0.25) is 0 Å². The van der Waals surface area contributed by atoms with Crippen LogP contribution in [0, 0.1) is 23.7 Å². The van der Waals surface area contributed by atoms with Gasteiger partial charge >= 0.3 is 0 Å². The second kappa shape index (κ2) is 10.6. The van der Waals surface area contributed by atoms with Gasteiger partial charge < -0.3 is 15.6 Å². The molecule has 7 heteroatoms. The molecule has 3 aliphatic carbocycles.